The van der Waals surface area contributed by atoms with Gasteiger partial charge in [-0.05, 0) is 50.8 Å². The van der Waals surface area contributed by atoms with Gasteiger partial charge in [0.25, 0.3) is 0 Å². The van der Waals surface area contributed by atoms with E-state index in [4.69, 9.17) is 4.74 Å². The molecule has 0 spiro atoms. The Bertz CT molecular complexity index is 442. The van der Waals surface area contributed by atoms with Gasteiger partial charge in [-0.15, -0.1) is 0 Å². The minimum atomic E-state index is 0.236. The summed E-state index contributed by atoms with van der Waals surface area (Å²) in [5, 5.41) is 3.69. The minimum absolute atomic E-state index is 0.236. The quantitative estimate of drug-likeness (QED) is 0.863. The molecular weight excluding hydrogens is 248 g/mol. The summed E-state index contributed by atoms with van der Waals surface area (Å²) < 4.78 is 5.75. The molecule has 1 heterocycles. The summed E-state index contributed by atoms with van der Waals surface area (Å²) >= 11 is 0. The van der Waals surface area contributed by atoms with Gasteiger partial charge >= 0.3 is 0 Å². The number of rotatable bonds is 6. The van der Waals surface area contributed by atoms with Crippen LogP contribution >= 0.6 is 0 Å². The van der Waals surface area contributed by atoms with Crippen LogP contribution in [0.1, 0.15) is 38.7 Å². The monoisotopic (exact) mass is 274 g/mol. The molecule has 1 aliphatic carbocycles. The van der Waals surface area contributed by atoms with Crippen molar-refractivity contribution in [2.45, 2.75) is 57.8 Å². The molecule has 1 saturated carbocycles. The van der Waals surface area contributed by atoms with Crippen molar-refractivity contribution in [3.05, 3.63) is 29.8 Å². The Balaban J connectivity index is 1.48. The van der Waals surface area contributed by atoms with Crippen molar-refractivity contribution in [1.29, 1.82) is 0 Å². The topological polar surface area (TPSA) is 24.5 Å². The van der Waals surface area contributed by atoms with Gasteiger partial charge in [0.05, 0.1) is 6.10 Å². The van der Waals surface area contributed by atoms with Crippen LogP contribution in [-0.4, -0.2) is 36.2 Å². The smallest absolute Gasteiger partial charge is 0.120 e. The third-order valence-corrected chi connectivity index (χ3v) is 4.15. The van der Waals surface area contributed by atoms with Crippen LogP contribution in [-0.2, 0) is 6.54 Å². The fourth-order valence-electron chi connectivity index (χ4n) is 2.99. The van der Waals surface area contributed by atoms with Crippen LogP contribution in [0.3, 0.4) is 0 Å². The van der Waals surface area contributed by atoms with Gasteiger partial charge in [-0.3, -0.25) is 4.90 Å². The maximum Gasteiger partial charge on any atom is 0.120 e. The molecule has 1 aliphatic heterocycles. The molecule has 0 radical (unpaired) electrons. The zero-order chi connectivity index (χ0) is 13.9. The second kappa shape index (κ2) is 6.15. The average molecular weight is 274 g/mol. The van der Waals surface area contributed by atoms with Crippen molar-refractivity contribution in [2.24, 2.45) is 0 Å². The van der Waals surface area contributed by atoms with E-state index in [9.17, 15) is 0 Å². The van der Waals surface area contributed by atoms with Gasteiger partial charge in [-0.1, -0.05) is 12.1 Å². The van der Waals surface area contributed by atoms with E-state index in [1.165, 1.54) is 37.9 Å². The standard InChI is InChI=1S/C17H26N2O/c1-13(2)20-17-5-3-4-14(10-17)11-18-15-8-9-19(12-15)16-6-7-16/h3-5,10,13,15-16,18H,6-9,11-12H2,1-2H3. The summed E-state index contributed by atoms with van der Waals surface area (Å²) in [4.78, 5) is 2.65. The van der Waals surface area contributed by atoms with Gasteiger partial charge in [0.2, 0.25) is 0 Å². The van der Waals surface area contributed by atoms with E-state index in [0.29, 0.717) is 6.04 Å². The maximum atomic E-state index is 5.75. The molecule has 1 saturated heterocycles. The molecule has 3 nitrogen and oxygen atoms in total. The van der Waals surface area contributed by atoms with E-state index in [1.807, 2.05) is 6.07 Å². The lowest BCUT2D eigenvalue weighted by atomic mass is 10.2. The highest BCUT2D eigenvalue weighted by Crippen LogP contribution is 2.29. The molecule has 1 aromatic carbocycles. The molecule has 0 aromatic heterocycles. The molecule has 20 heavy (non-hydrogen) atoms. The summed E-state index contributed by atoms with van der Waals surface area (Å²) in [6.45, 7) is 7.58. The molecule has 2 fully saturated rings. The van der Waals surface area contributed by atoms with Gasteiger partial charge < -0.3 is 10.1 Å². The lowest BCUT2D eigenvalue weighted by Gasteiger charge is -2.16. The summed E-state index contributed by atoms with van der Waals surface area (Å²) in [5.74, 6) is 0.977. The van der Waals surface area contributed by atoms with Crippen LogP contribution in [0.15, 0.2) is 24.3 Å². The van der Waals surface area contributed by atoms with Crippen LogP contribution in [0.4, 0.5) is 0 Å². The van der Waals surface area contributed by atoms with Crippen LogP contribution in [0.2, 0.25) is 0 Å². The van der Waals surface area contributed by atoms with Gasteiger partial charge in [0.15, 0.2) is 0 Å². The lowest BCUT2D eigenvalue weighted by Crippen LogP contribution is -2.32. The number of hydrogen-bond acceptors (Lipinski definition) is 3. The molecule has 2 aliphatic rings. The highest BCUT2D eigenvalue weighted by molar-refractivity contribution is 5.28. The van der Waals surface area contributed by atoms with Crippen LogP contribution in [0, 0.1) is 0 Å². The Hall–Kier alpha value is -1.06. The van der Waals surface area contributed by atoms with Crippen LogP contribution < -0.4 is 10.1 Å². The van der Waals surface area contributed by atoms with Crippen molar-refractivity contribution in [3.63, 3.8) is 0 Å². The van der Waals surface area contributed by atoms with E-state index in [1.54, 1.807) is 0 Å². The Morgan fingerprint density at radius 2 is 2.15 bits per heavy atom. The zero-order valence-electron chi connectivity index (χ0n) is 12.6. The molecule has 0 bridgehead atoms. The van der Waals surface area contributed by atoms with Crippen LogP contribution in [0.25, 0.3) is 0 Å². The van der Waals surface area contributed by atoms with E-state index in [-0.39, 0.29) is 6.10 Å². The molecule has 1 atom stereocenters. The van der Waals surface area contributed by atoms with Crippen molar-refractivity contribution < 1.29 is 4.74 Å². The zero-order valence-corrected chi connectivity index (χ0v) is 12.6. The van der Waals surface area contributed by atoms with Gasteiger partial charge in [-0.25, -0.2) is 0 Å². The number of benzene rings is 1. The maximum absolute atomic E-state index is 5.75. The lowest BCUT2D eigenvalue weighted by molar-refractivity contribution is 0.242. The predicted octanol–water partition coefficient (Wildman–Crippen LogP) is 2.80. The normalized spacial score (nSPS) is 23.4. The van der Waals surface area contributed by atoms with Crippen molar-refractivity contribution >= 4 is 0 Å². The highest BCUT2D eigenvalue weighted by atomic mass is 16.5. The molecule has 110 valence electrons. The molecule has 3 heteroatoms. The first kappa shape index (κ1) is 13.9. The Morgan fingerprint density at radius 3 is 2.90 bits per heavy atom. The minimum Gasteiger partial charge on any atom is -0.491 e. The molecule has 3 rings (SSSR count). The van der Waals surface area contributed by atoms with E-state index < -0.39 is 0 Å². The van der Waals surface area contributed by atoms with Crippen LogP contribution in [0.5, 0.6) is 5.75 Å². The number of likely N-dealkylation sites (tertiary alicyclic amines) is 1. The first-order chi connectivity index (χ1) is 9.70. The van der Waals surface area contributed by atoms with Crippen molar-refractivity contribution in [2.75, 3.05) is 13.1 Å². The van der Waals surface area contributed by atoms with Gasteiger partial charge in [0, 0.05) is 31.7 Å². The Labute approximate surface area is 122 Å². The predicted molar refractivity (Wildman–Crippen MR) is 82.0 cm³/mol. The third-order valence-electron chi connectivity index (χ3n) is 4.15. The second-order valence-corrected chi connectivity index (χ2v) is 6.41. The summed E-state index contributed by atoms with van der Waals surface area (Å²) in [5.41, 5.74) is 1.31. The molecule has 1 N–H and O–H groups in total. The molecule has 0 amide bonds. The summed E-state index contributed by atoms with van der Waals surface area (Å²) in [6.07, 6.45) is 4.36. The van der Waals surface area contributed by atoms with E-state index in [2.05, 4.69) is 42.3 Å². The largest absolute Gasteiger partial charge is 0.491 e. The Morgan fingerprint density at radius 1 is 1.30 bits per heavy atom. The average Bonchev–Trinajstić information content (AvgIpc) is 3.16. The molecule has 1 aromatic rings. The first-order valence-electron chi connectivity index (χ1n) is 7.94. The van der Waals surface area contributed by atoms with Crippen molar-refractivity contribution in [1.82, 2.24) is 10.2 Å². The number of nitrogens with zero attached hydrogens (tertiary/aromatic N) is 1. The fourth-order valence-corrected chi connectivity index (χ4v) is 2.99. The van der Waals surface area contributed by atoms with E-state index in [0.717, 1.165) is 18.3 Å². The number of hydrogen-bond donors (Lipinski definition) is 1. The number of ether oxygens (including phenoxy) is 1. The first-order valence-corrected chi connectivity index (χ1v) is 7.94. The highest BCUT2D eigenvalue weighted by Gasteiger charge is 2.33. The summed E-state index contributed by atoms with van der Waals surface area (Å²) in [7, 11) is 0. The molecule has 1 unspecified atom stereocenters. The SMILES string of the molecule is CC(C)Oc1cccc(CNC2CCN(C3CC3)C2)c1. The molecular formula is C17H26N2O. The van der Waals surface area contributed by atoms with Gasteiger partial charge in [0.1, 0.15) is 5.75 Å². The van der Waals surface area contributed by atoms with Gasteiger partial charge in [-0.2, -0.15) is 0 Å². The summed E-state index contributed by atoms with van der Waals surface area (Å²) in [6, 6.07) is 10.0. The fraction of sp³-hybridized carbons (Fsp3) is 0.647. The van der Waals surface area contributed by atoms with Crippen molar-refractivity contribution in [3.8, 4) is 5.75 Å². The Kier molecular flexibility index (Phi) is 4.27. The number of nitrogens with one attached hydrogen (secondary N) is 1. The second-order valence-electron chi connectivity index (χ2n) is 6.41. The third kappa shape index (κ3) is 3.74. The van der Waals surface area contributed by atoms with E-state index >= 15 is 0 Å².